The first-order chi connectivity index (χ1) is 15.7. The number of ketones is 1. The van der Waals surface area contributed by atoms with Gasteiger partial charge in [0.05, 0.1) is 7.11 Å². The number of hydrogen-bond acceptors (Lipinski definition) is 6. The predicted octanol–water partition coefficient (Wildman–Crippen LogP) is 3.70. The minimum absolute atomic E-state index is 0.205. The molecule has 33 heavy (non-hydrogen) atoms. The van der Waals surface area contributed by atoms with E-state index in [4.69, 9.17) is 4.74 Å². The van der Waals surface area contributed by atoms with Gasteiger partial charge in [-0.1, -0.05) is 48.0 Å². The fourth-order valence-corrected chi connectivity index (χ4v) is 4.24. The average Bonchev–Trinajstić information content (AvgIpc) is 3.29. The normalized spacial score (nSPS) is 16.5. The topological polar surface area (TPSA) is 102 Å². The van der Waals surface area contributed by atoms with E-state index in [2.05, 4.69) is 26.0 Å². The maximum Gasteiger partial charge on any atom is 0.407 e. The third-order valence-electron chi connectivity index (χ3n) is 5.67. The molecule has 1 unspecified atom stereocenters. The third-order valence-corrected chi connectivity index (χ3v) is 6.16. The lowest BCUT2D eigenvalue weighted by atomic mass is 10.0. The van der Waals surface area contributed by atoms with E-state index in [-0.39, 0.29) is 17.6 Å². The van der Waals surface area contributed by atoms with Gasteiger partial charge in [-0.2, -0.15) is 0 Å². The number of amides is 2. The van der Waals surface area contributed by atoms with Crippen molar-refractivity contribution in [2.24, 2.45) is 5.92 Å². The monoisotopic (exact) mass is 518 g/mol. The molecule has 9 heteroatoms. The van der Waals surface area contributed by atoms with Crippen molar-refractivity contribution in [3.05, 3.63) is 46.4 Å². The second kappa shape index (κ2) is 10.8. The van der Waals surface area contributed by atoms with E-state index in [1.807, 2.05) is 24.3 Å². The smallest absolute Gasteiger partial charge is 0.407 e. The number of alkyl carbamates (subject to hydrolysis) is 1. The van der Waals surface area contributed by atoms with E-state index in [0.717, 1.165) is 15.2 Å². The Morgan fingerprint density at radius 1 is 1.12 bits per heavy atom. The van der Waals surface area contributed by atoms with E-state index in [1.165, 1.54) is 12.0 Å². The minimum Gasteiger partial charge on any atom is -0.456 e. The fraction of sp³-hybridized carbons (Fsp3) is 0.417. The number of methoxy groups -OCH3 is 1. The van der Waals surface area contributed by atoms with Crippen molar-refractivity contribution in [1.82, 2.24) is 10.2 Å². The summed E-state index contributed by atoms with van der Waals surface area (Å²) < 4.78 is 10.8. The highest BCUT2D eigenvalue weighted by Crippen LogP contribution is 2.23. The summed E-state index contributed by atoms with van der Waals surface area (Å²) in [5, 5.41) is 4.42. The van der Waals surface area contributed by atoms with Gasteiger partial charge in [-0.25, -0.2) is 9.59 Å². The number of nitrogens with one attached hydrogen (secondary N) is 1. The largest absolute Gasteiger partial charge is 0.456 e. The summed E-state index contributed by atoms with van der Waals surface area (Å²) in [4.78, 5) is 51.4. The van der Waals surface area contributed by atoms with Gasteiger partial charge in [0.25, 0.3) is 0 Å². The summed E-state index contributed by atoms with van der Waals surface area (Å²) in [6.07, 6.45) is 0.351. The molecular weight excluding hydrogens is 492 g/mol. The minimum atomic E-state index is -0.829. The molecule has 8 nitrogen and oxygen atoms in total. The number of fused-ring (bicyclic) bond motifs is 1. The fourth-order valence-electron chi connectivity index (χ4n) is 3.86. The zero-order valence-electron chi connectivity index (χ0n) is 18.8. The third kappa shape index (κ3) is 5.90. The summed E-state index contributed by atoms with van der Waals surface area (Å²) in [5.74, 6) is -1.53. The van der Waals surface area contributed by atoms with Crippen molar-refractivity contribution in [2.45, 2.75) is 38.8 Å². The van der Waals surface area contributed by atoms with E-state index in [9.17, 15) is 19.2 Å². The van der Waals surface area contributed by atoms with Gasteiger partial charge in [-0.3, -0.25) is 9.59 Å². The first kappa shape index (κ1) is 24.7. The number of likely N-dealkylation sites (tertiary alicyclic amines) is 1. The van der Waals surface area contributed by atoms with Crippen LogP contribution in [0.1, 0.15) is 37.0 Å². The maximum atomic E-state index is 13.0. The molecule has 176 valence electrons. The maximum absolute atomic E-state index is 13.0. The quantitative estimate of drug-likeness (QED) is 0.442. The van der Waals surface area contributed by atoms with Crippen LogP contribution in [0, 0.1) is 5.92 Å². The molecule has 2 aromatic carbocycles. The zero-order chi connectivity index (χ0) is 24.1. The molecule has 1 aliphatic rings. The molecule has 1 heterocycles. The Bertz CT molecular complexity index is 1070. The van der Waals surface area contributed by atoms with Gasteiger partial charge in [0.2, 0.25) is 5.91 Å². The number of esters is 1. The van der Waals surface area contributed by atoms with E-state index >= 15 is 0 Å². The summed E-state index contributed by atoms with van der Waals surface area (Å²) in [7, 11) is 1.22. The molecule has 2 atom stereocenters. The second-order valence-electron chi connectivity index (χ2n) is 8.28. The first-order valence-corrected chi connectivity index (χ1v) is 11.5. The van der Waals surface area contributed by atoms with Gasteiger partial charge in [-0.15, -0.1) is 0 Å². The summed E-state index contributed by atoms with van der Waals surface area (Å²) in [5.41, 5.74) is 0.444. The lowest BCUT2D eigenvalue weighted by Gasteiger charge is -2.29. The molecule has 0 spiro atoms. The van der Waals surface area contributed by atoms with Crippen LogP contribution in [-0.2, 0) is 19.1 Å². The Labute approximate surface area is 200 Å². The predicted molar refractivity (Wildman–Crippen MR) is 126 cm³/mol. The van der Waals surface area contributed by atoms with Crippen LogP contribution in [-0.4, -0.2) is 61.0 Å². The Hall–Kier alpha value is -2.94. The highest BCUT2D eigenvalue weighted by Gasteiger charge is 2.39. The standard InChI is InChI=1S/C24H27BrN2O6/c1-14(2)21(26-24(31)32-3)22(29)27-10-4-5-19(27)23(30)33-13-20(28)17-7-6-16-12-18(25)9-8-15(16)11-17/h6-9,11-12,14,19,21H,4-5,10,13H2,1-3H3,(H,26,31)/t19?,21-/m0/s1. The first-order valence-electron chi connectivity index (χ1n) is 10.8. The molecule has 0 aromatic heterocycles. The summed E-state index contributed by atoms with van der Waals surface area (Å²) >= 11 is 3.42. The number of hydrogen-bond donors (Lipinski definition) is 1. The van der Waals surface area contributed by atoms with Gasteiger partial charge in [-0.05, 0) is 47.7 Å². The van der Waals surface area contributed by atoms with Crippen molar-refractivity contribution in [3.63, 3.8) is 0 Å². The van der Waals surface area contributed by atoms with Crippen LogP contribution in [0.5, 0.6) is 0 Å². The van der Waals surface area contributed by atoms with Gasteiger partial charge < -0.3 is 19.7 Å². The number of rotatable bonds is 7. The van der Waals surface area contributed by atoms with Crippen LogP contribution in [0.4, 0.5) is 4.79 Å². The van der Waals surface area contributed by atoms with Gasteiger partial charge in [0.1, 0.15) is 12.1 Å². The molecule has 0 bridgehead atoms. The van der Waals surface area contributed by atoms with Crippen molar-refractivity contribution in [2.75, 3.05) is 20.3 Å². The second-order valence-corrected chi connectivity index (χ2v) is 9.20. The Balaban J connectivity index is 1.64. The number of benzene rings is 2. The molecule has 0 radical (unpaired) electrons. The summed E-state index contributed by atoms with van der Waals surface area (Å²) in [6, 6.07) is 9.42. The number of nitrogens with zero attached hydrogens (tertiary/aromatic N) is 1. The van der Waals surface area contributed by atoms with Crippen LogP contribution in [0.3, 0.4) is 0 Å². The Morgan fingerprint density at radius 3 is 2.52 bits per heavy atom. The van der Waals surface area contributed by atoms with Gasteiger partial charge in [0.15, 0.2) is 12.4 Å². The highest BCUT2D eigenvalue weighted by atomic mass is 79.9. The highest BCUT2D eigenvalue weighted by molar-refractivity contribution is 9.10. The van der Waals surface area contributed by atoms with Crippen molar-refractivity contribution >= 4 is 50.5 Å². The average molecular weight is 519 g/mol. The van der Waals surface area contributed by atoms with Crippen molar-refractivity contribution in [1.29, 1.82) is 0 Å². The van der Waals surface area contributed by atoms with Gasteiger partial charge in [0, 0.05) is 16.6 Å². The Morgan fingerprint density at radius 2 is 1.82 bits per heavy atom. The molecule has 1 fully saturated rings. The number of carbonyl (C=O) groups excluding carboxylic acids is 4. The van der Waals surface area contributed by atoms with E-state index in [0.29, 0.717) is 24.9 Å². The molecule has 2 amide bonds. The van der Waals surface area contributed by atoms with Crippen molar-refractivity contribution in [3.8, 4) is 0 Å². The lowest BCUT2D eigenvalue weighted by Crippen LogP contribution is -2.54. The van der Waals surface area contributed by atoms with E-state index < -0.39 is 30.8 Å². The van der Waals surface area contributed by atoms with E-state index in [1.54, 1.807) is 26.0 Å². The zero-order valence-corrected chi connectivity index (χ0v) is 20.4. The van der Waals surface area contributed by atoms with Crippen LogP contribution < -0.4 is 5.32 Å². The van der Waals surface area contributed by atoms with Crippen LogP contribution in [0.2, 0.25) is 0 Å². The molecule has 2 aromatic rings. The number of Topliss-reactive ketones (excluding diaryl/α,β-unsaturated/α-hetero) is 1. The molecular formula is C24H27BrN2O6. The molecule has 1 N–H and O–H groups in total. The summed E-state index contributed by atoms with van der Waals surface area (Å²) in [6.45, 7) is 3.55. The molecule has 1 aliphatic heterocycles. The Kier molecular flexibility index (Phi) is 8.07. The van der Waals surface area contributed by atoms with Crippen LogP contribution >= 0.6 is 15.9 Å². The molecule has 1 saturated heterocycles. The SMILES string of the molecule is COC(=O)N[C@H](C(=O)N1CCCC1C(=O)OCC(=O)c1ccc2cc(Br)ccc2c1)C(C)C. The van der Waals surface area contributed by atoms with Crippen molar-refractivity contribution < 1.29 is 28.7 Å². The number of ether oxygens (including phenoxy) is 2. The molecule has 3 rings (SSSR count). The van der Waals surface area contributed by atoms with Crippen LogP contribution in [0.15, 0.2) is 40.9 Å². The lowest BCUT2D eigenvalue weighted by molar-refractivity contribution is -0.153. The molecule has 0 aliphatic carbocycles. The van der Waals surface area contributed by atoms with Gasteiger partial charge >= 0.3 is 12.1 Å². The molecule has 0 saturated carbocycles. The number of halogens is 1. The number of carbonyl (C=O) groups is 4. The van der Waals surface area contributed by atoms with Crippen LogP contribution in [0.25, 0.3) is 10.8 Å².